The molecular formula is C18H29NO2. The second-order valence-electron chi connectivity index (χ2n) is 6.49. The molecule has 1 aliphatic rings. The largest absolute Gasteiger partial charge is 0.494 e. The van der Waals surface area contributed by atoms with E-state index >= 15 is 0 Å². The molecule has 0 aliphatic carbocycles. The molecule has 2 unspecified atom stereocenters. The first-order valence-corrected chi connectivity index (χ1v) is 8.23. The van der Waals surface area contributed by atoms with Crippen LogP contribution < -0.4 is 4.74 Å². The molecule has 1 saturated heterocycles. The van der Waals surface area contributed by atoms with Gasteiger partial charge in [-0.3, -0.25) is 0 Å². The third kappa shape index (κ3) is 4.72. The number of hydrogen-bond acceptors (Lipinski definition) is 3. The Balaban J connectivity index is 1.84. The maximum Gasteiger partial charge on any atom is 0.119 e. The standard InChI is InChI=1S/C18H29NO2/c1-4-11-21-17-7-5-15(6-8-17)18(20)13-19-10-9-16(12-19)14(2)3/h5-8,14,16,18,20H,4,9-13H2,1-3H3. The summed E-state index contributed by atoms with van der Waals surface area (Å²) in [6.45, 7) is 10.4. The molecule has 3 heteroatoms. The summed E-state index contributed by atoms with van der Waals surface area (Å²) < 4.78 is 5.57. The van der Waals surface area contributed by atoms with Gasteiger partial charge in [-0.1, -0.05) is 32.9 Å². The molecule has 1 N–H and O–H groups in total. The van der Waals surface area contributed by atoms with Gasteiger partial charge in [-0.15, -0.1) is 0 Å². The van der Waals surface area contributed by atoms with Crippen molar-refractivity contribution in [1.29, 1.82) is 0 Å². The van der Waals surface area contributed by atoms with E-state index < -0.39 is 6.10 Å². The minimum Gasteiger partial charge on any atom is -0.494 e. The van der Waals surface area contributed by atoms with E-state index in [4.69, 9.17) is 4.74 Å². The molecule has 2 atom stereocenters. The summed E-state index contributed by atoms with van der Waals surface area (Å²) in [5, 5.41) is 10.4. The van der Waals surface area contributed by atoms with Crippen LogP contribution in [0.1, 0.15) is 45.3 Å². The number of nitrogens with zero attached hydrogens (tertiary/aromatic N) is 1. The fraction of sp³-hybridized carbons (Fsp3) is 0.667. The molecule has 0 radical (unpaired) electrons. The highest BCUT2D eigenvalue weighted by atomic mass is 16.5. The van der Waals surface area contributed by atoms with Gasteiger partial charge >= 0.3 is 0 Å². The molecule has 0 spiro atoms. The molecule has 1 fully saturated rings. The highest BCUT2D eigenvalue weighted by Crippen LogP contribution is 2.26. The molecule has 2 rings (SSSR count). The van der Waals surface area contributed by atoms with Crippen molar-refractivity contribution in [1.82, 2.24) is 4.90 Å². The third-order valence-corrected chi connectivity index (χ3v) is 4.42. The van der Waals surface area contributed by atoms with Crippen LogP contribution in [0.4, 0.5) is 0 Å². The number of benzene rings is 1. The first kappa shape index (κ1) is 16.3. The van der Waals surface area contributed by atoms with E-state index in [1.807, 2.05) is 24.3 Å². The van der Waals surface area contributed by atoms with Crippen molar-refractivity contribution in [3.8, 4) is 5.75 Å². The van der Waals surface area contributed by atoms with Crippen LogP contribution in [0.3, 0.4) is 0 Å². The lowest BCUT2D eigenvalue weighted by Gasteiger charge is -2.21. The van der Waals surface area contributed by atoms with Gasteiger partial charge in [-0.05, 0) is 48.9 Å². The number of ether oxygens (including phenoxy) is 1. The van der Waals surface area contributed by atoms with E-state index in [1.165, 1.54) is 6.42 Å². The number of aliphatic hydroxyl groups is 1. The van der Waals surface area contributed by atoms with Gasteiger partial charge in [-0.25, -0.2) is 0 Å². The Morgan fingerprint density at radius 1 is 1.29 bits per heavy atom. The Morgan fingerprint density at radius 3 is 2.57 bits per heavy atom. The number of rotatable bonds is 7. The van der Waals surface area contributed by atoms with E-state index in [9.17, 15) is 5.11 Å². The first-order chi connectivity index (χ1) is 10.1. The molecule has 0 aromatic heterocycles. The average molecular weight is 291 g/mol. The number of hydrogen-bond donors (Lipinski definition) is 1. The fourth-order valence-corrected chi connectivity index (χ4v) is 2.93. The zero-order valence-corrected chi connectivity index (χ0v) is 13.6. The van der Waals surface area contributed by atoms with Gasteiger partial charge in [0, 0.05) is 13.1 Å². The van der Waals surface area contributed by atoms with Crippen molar-refractivity contribution in [2.24, 2.45) is 11.8 Å². The van der Waals surface area contributed by atoms with Crippen molar-refractivity contribution in [3.63, 3.8) is 0 Å². The van der Waals surface area contributed by atoms with Crippen molar-refractivity contribution < 1.29 is 9.84 Å². The lowest BCUT2D eigenvalue weighted by atomic mass is 9.95. The van der Waals surface area contributed by atoms with Crippen LogP contribution in [0.15, 0.2) is 24.3 Å². The summed E-state index contributed by atoms with van der Waals surface area (Å²) in [7, 11) is 0. The molecule has 1 heterocycles. The Bertz CT molecular complexity index is 416. The molecule has 0 bridgehead atoms. The van der Waals surface area contributed by atoms with Crippen LogP contribution in [0.2, 0.25) is 0 Å². The normalized spacial score (nSPS) is 20.9. The molecule has 3 nitrogen and oxygen atoms in total. The monoisotopic (exact) mass is 291 g/mol. The quantitative estimate of drug-likeness (QED) is 0.834. The minimum atomic E-state index is -0.406. The molecule has 1 aromatic carbocycles. The summed E-state index contributed by atoms with van der Waals surface area (Å²) in [6, 6.07) is 7.86. The highest BCUT2D eigenvalue weighted by molar-refractivity contribution is 5.28. The molecule has 118 valence electrons. The van der Waals surface area contributed by atoms with Gasteiger partial charge in [-0.2, -0.15) is 0 Å². The van der Waals surface area contributed by atoms with Crippen LogP contribution in [0, 0.1) is 11.8 Å². The van der Waals surface area contributed by atoms with Crippen molar-refractivity contribution in [2.45, 2.75) is 39.7 Å². The van der Waals surface area contributed by atoms with Gasteiger partial charge < -0.3 is 14.7 Å². The van der Waals surface area contributed by atoms with Gasteiger partial charge in [0.2, 0.25) is 0 Å². The topological polar surface area (TPSA) is 32.7 Å². The van der Waals surface area contributed by atoms with Gasteiger partial charge in [0.15, 0.2) is 0 Å². The minimum absolute atomic E-state index is 0.406. The highest BCUT2D eigenvalue weighted by Gasteiger charge is 2.26. The van der Waals surface area contributed by atoms with Crippen molar-refractivity contribution in [3.05, 3.63) is 29.8 Å². The van der Waals surface area contributed by atoms with E-state index in [0.717, 1.165) is 55.8 Å². The summed E-state index contributed by atoms with van der Waals surface area (Å²) in [5.41, 5.74) is 0.979. The lowest BCUT2D eigenvalue weighted by molar-refractivity contribution is 0.122. The zero-order valence-electron chi connectivity index (χ0n) is 13.6. The SMILES string of the molecule is CCCOc1ccc(C(O)CN2CCC(C(C)C)C2)cc1. The first-order valence-electron chi connectivity index (χ1n) is 8.23. The maximum atomic E-state index is 10.4. The fourth-order valence-electron chi connectivity index (χ4n) is 2.93. The van der Waals surface area contributed by atoms with Gasteiger partial charge in [0.05, 0.1) is 12.7 Å². The zero-order chi connectivity index (χ0) is 15.2. The van der Waals surface area contributed by atoms with Crippen LogP contribution in [0.5, 0.6) is 5.75 Å². The summed E-state index contributed by atoms with van der Waals surface area (Å²) in [5.74, 6) is 2.40. The Hall–Kier alpha value is -1.06. The molecule has 1 aromatic rings. The van der Waals surface area contributed by atoms with Crippen LogP contribution in [0.25, 0.3) is 0 Å². The molecule has 0 amide bonds. The van der Waals surface area contributed by atoms with Crippen LogP contribution in [-0.4, -0.2) is 36.2 Å². The number of likely N-dealkylation sites (tertiary alicyclic amines) is 1. The summed E-state index contributed by atoms with van der Waals surface area (Å²) in [4.78, 5) is 2.39. The Kier molecular flexibility index (Phi) is 6.07. The maximum absolute atomic E-state index is 10.4. The molecule has 21 heavy (non-hydrogen) atoms. The Labute approximate surface area is 128 Å². The molecule has 0 saturated carbocycles. The smallest absolute Gasteiger partial charge is 0.119 e. The second-order valence-corrected chi connectivity index (χ2v) is 6.49. The summed E-state index contributed by atoms with van der Waals surface area (Å²) in [6.07, 6.45) is 1.86. The molecular weight excluding hydrogens is 262 g/mol. The van der Waals surface area contributed by atoms with E-state index in [1.54, 1.807) is 0 Å². The van der Waals surface area contributed by atoms with Crippen LogP contribution >= 0.6 is 0 Å². The Morgan fingerprint density at radius 2 is 2.00 bits per heavy atom. The second kappa shape index (κ2) is 7.81. The van der Waals surface area contributed by atoms with Crippen molar-refractivity contribution >= 4 is 0 Å². The average Bonchev–Trinajstić information content (AvgIpc) is 2.94. The van der Waals surface area contributed by atoms with Crippen LogP contribution in [-0.2, 0) is 0 Å². The number of aliphatic hydroxyl groups excluding tert-OH is 1. The lowest BCUT2D eigenvalue weighted by Crippen LogP contribution is -2.27. The van der Waals surface area contributed by atoms with E-state index in [-0.39, 0.29) is 0 Å². The predicted molar refractivity (Wildman–Crippen MR) is 86.6 cm³/mol. The van der Waals surface area contributed by atoms with Crippen molar-refractivity contribution in [2.75, 3.05) is 26.2 Å². The predicted octanol–water partition coefficient (Wildman–Crippen LogP) is 3.49. The van der Waals surface area contributed by atoms with E-state index in [2.05, 4.69) is 25.7 Å². The van der Waals surface area contributed by atoms with Gasteiger partial charge in [0.25, 0.3) is 0 Å². The third-order valence-electron chi connectivity index (χ3n) is 4.42. The van der Waals surface area contributed by atoms with Gasteiger partial charge in [0.1, 0.15) is 5.75 Å². The molecule has 1 aliphatic heterocycles. The summed E-state index contributed by atoms with van der Waals surface area (Å²) >= 11 is 0. The van der Waals surface area contributed by atoms with E-state index in [0.29, 0.717) is 0 Å². The number of β-amino-alcohol motifs (C(OH)–C–C–N with tert-alkyl or cyclic N) is 1.